The summed E-state index contributed by atoms with van der Waals surface area (Å²) in [5.41, 5.74) is 1.34. The van der Waals surface area contributed by atoms with Crippen molar-refractivity contribution in [1.29, 1.82) is 0 Å². The molecule has 0 bridgehead atoms. The van der Waals surface area contributed by atoms with Gasteiger partial charge in [0.05, 0.1) is 17.9 Å². The highest BCUT2D eigenvalue weighted by Gasteiger charge is 2.14. The van der Waals surface area contributed by atoms with Crippen LogP contribution in [-0.2, 0) is 4.74 Å². The molecule has 0 unspecified atom stereocenters. The lowest BCUT2D eigenvalue weighted by Crippen LogP contribution is -2.05. The lowest BCUT2D eigenvalue weighted by atomic mass is 10.2. The number of hydrogen-bond donors (Lipinski definition) is 1. The molecule has 0 saturated carbocycles. The van der Waals surface area contributed by atoms with Gasteiger partial charge in [0.1, 0.15) is 0 Å². The van der Waals surface area contributed by atoms with E-state index in [1.54, 1.807) is 19.9 Å². The van der Waals surface area contributed by atoms with Gasteiger partial charge in [-0.2, -0.15) is 0 Å². The van der Waals surface area contributed by atoms with Crippen LogP contribution < -0.4 is 0 Å². The zero-order chi connectivity index (χ0) is 9.84. The van der Waals surface area contributed by atoms with Crippen molar-refractivity contribution < 1.29 is 14.3 Å². The number of nitrogens with one attached hydrogen (secondary N) is 1. The van der Waals surface area contributed by atoms with Crippen LogP contribution in [0.25, 0.3) is 0 Å². The number of ether oxygens (including phenoxy) is 1. The second kappa shape index (κ2) is 3.89. The monoisotopic (exact) mass is 181 g/mol. The minimum absolute atomic E-state index is 0.274. The van der Waals surface area contributed by atoms with Crippen molar-refractivity contribution in [2.45, 2.75) is 13.8 Å². The molecule has 1 N–H and O–H groups in total. The first-order valence-electron chi connectivity index (χ1n) is 4.01. The fraction of sp³-hybridized carbons (Fsp3) is 0.333. The molecule has 0 aliphatic heterocycles. The Labute approximate surface area is 75.9 Å². The lowest BCUT2D eigenvalue weighted by molar-refractivity contribution is 0.0524. The summed E-state index contributed by atoms with van der Waals surface area (Å²) < 4.78 is 4.77. The van der Waals surface area contributed by atoms with E-state index in [4.69, 9.17) is 4.74 Å². The molecule has 1 aromatic rings. The van der Waals surface area contributed by atoms with Crippen molar-refractivity contribution in [2.24, 2.45) is 0 Å². The number of aldehydes is 1. The van der Waals surface area contributed by atoms with Crippen molar-refractivity contribution >= 4 is 12.3 Å². The summed E-state index contributed by atoms with van der Waals surface area (Å²) in [6, 6.07) is 1.60. The third-order valence-electron chi connectivity index (χ3n) is 1.60. The van der Waals surface area contributed by atoms with Crippen LogP contribution in [0.2, 0.25) is 0 Å². The first-order valence-corrected chi connectivity index (χ1v) is 4.01. The molecular weight excluding hydrogens is 170 g/mol. The van der Waals surface area contributed by atoms with Gasteiger partial charge in [-0.05, 0) is 19.9 Å². The van der Waals surface area contributed by atoms with Crippen LogP contribution in [-0.4, -0.2) is 23.8 Å². The maximum absolute atomic E-state index is 11.2. The number of hydrogen-bond acceptors (Lipinski definition) is 3. The Kier molecular flexibility index (Phi) is 2.84. The third-order valence-corrected chi connectivity index (χ3v) is 1.60. The SMILES string of the molecule is CCOC(=O)c1cc(C)[nH]c1C=O. The Hall–Kier alpha value is -1.58. The molecule has 0 fully saturated rings. The van der Waals surface area contributed by atoms with Crippen LogP contribution >= 0.6 is 0 Å². The topological polar surface area (TPSA) is 59.2 Å². The van der Waals surface area contributed by atoms with E-state index < -0.39 is 5.97 Å². The summed E-state index contributed by atoms with van der Waals surface area (Å²) in [5, 5.41) is 0. The molecule has 0 aromatic carbocycles. The summed E-state index contributed by atoms with van der Waals surface area (Å²) in [5.74, 6) is -0.464. The van der Waals surface area contributed by atoms with Crippen LogP contribution in [0.15, 0.2) is 6.07 Å². The molecular formula is C9H11NO3. The number of rotatable bonds is 3. The first kappa shape index (κ1) is 9.51. The second-order valence-corrected chi connectivity index (χ2v) is 2.62. The molecule has 0 atom stereocenters. The molecule has 4 heteroatoms. The minimum atomic E-state index is -0.464. The molecule has 0 spiro atoms. The van der Waals surface area contributed by atoms with E-state index in [-0.39, 0.29) is 5.69 Å². The Morgan fingerprint density at radius 1 is 1.69 bits per heavy atom. The predicted molar refractivity (Wildman–Crippen MR) is 46.9 cm³/mol. The van der Waals surface area contributed by atoms with E-state index in [1.165, 1.54) is 0 Å². The van der Waals surface area contributed by atoms with Gasteiger partial charge in [-0.3, -0.25) is 4.79 Å². The molecule has 1 heterocycles. The number of aryl methyl sites for hydroxylation is 1. The molecule has 0 aliphatic rings. The van der Waals surface area contributed by atoms with E-state index in [9.17, 15) is 9.59 Å². The fourth-order valence-corrected chi connectivity index (χ4v) is 1.08. The zero-order valence-corrected chi connectivity index (χ0v) is 7.59. The van der Waals surface area contributed by atoms with Gasteiger partial charge < -0.3 is 9.72 Å². The molecule has 0 saturated heterocycles. The summed E-state index contributed by atoms with van der Waals surface area (Å²) in [6.07, 6.45) is 0.610. The normalized spacial score (nSPS) is 9.69. The Morgan fingerprint density at radius 2 is 2.38 bits per heavy atom. The molecule has 1 rings (SSSR count). The average molecular weight is 181 g/mol. The second-order valence-electron chi connectivity index (χ2n) is 2.62. The Bertz CT molecular complexity index is 328. The number of H-pyrrole nitrogens is 1. The van der Waals surface area contributed by atoms with Crippen LogP contribution in [0.5, 0.6) is 0 Å². The number of esters is 1. The summed E-state index contributed by atoms with van der Waals surface area (Å²) in [4.78, 5) is 24.5. The number of aromatic amines is 1. The van der Waals surface area contributed by atoms with Crippen LogP contribution in [0.3, 0.4) is 0 Å². The Balaban J connectivity index is 2.98. The van der Waals surface area contributed by atoms with Gasteiger partial charge in [0.2, 0.25) is 0 Å². The van der Waals surface area contributed by atoms with E-state index >= 15 is 0 Å². The predicted octanol–water partition coefficient (Wildman–Crippen LogP) is 1.31. The van der Waals surface area contributed by atoms with Crippen LogP contribution in [0.1, 0.15) is 33.5 Å². The molecule has 0 radical (unpaired) electrons. The summed E-state index contributed by atoms with van der Waals surface area (Å²) >= 11 is 0. The van der Waals surface area contributed by atoms with Gasteiger partial charge in [-0.25, -0.2) is 4.79 Å². The van der Waals surface area contributed by atoms with Gasteiger partial charge >= 0.3 is 5.97 Å². The third kappa shape index (κ3) is 1.96. The standard InChI is InChI=1S/C9H11NO3/c1-3-13-9(12)7-4-6(2)10-8(7)5-11/h4-5,10H,3H2,1-2H3. The smallest absolute Gasteiger partial charge is 0.340 e. The van der Waals surface area contributed by atoms with E-state index in [0.29, 0.717) is 18.5 Å². The number of carbonyl (C=O) groups excluding carboxylic acids is 2. The zero-order valence-electron chi connectivity index (χ0n) is 7.59. The van der Waals surface area contributed by atoms with Crippen LogP contribution in [0, 0.1) is 6.92 Å². The van der Waals surface area contributed by atoms with Gasteiger partial charge in [0, 0.05) is 5.69 Å². The Morgan fingerprint density at radius 3 is 2.92 bits per heavy atom. The van der Waals surface area contributed by atoms with Crippen molar-refractivity contribution in [2.75, 3.05) is 6.61 Å². The van der Waals surface area contributed by atoms with Gasteiger partial charge in [-0.1, -0.05) is 0 Å². The van der Waals surface area contributed by atoms with Gasteiger partial charge in [0.15, 0.2) is 6.29 Å². The molecule has 13 heavy (non-hydrogen) atoms. The highest BCUT2D eigenvalue weighted by molar-refractivity contribution is 5.97. The largest absolute Gasteiger partial charge is 0.462 e. The van der Waals surface area contributed by atoms with Crippen molar-refractivity contribution in [3.63, 3.8) is 0 Å². The van der Waals surface area contributed by atoms with Crippen molar-refractivity contribution in [1.82, 2.24) is 4.98 Å². The van der Waals surface area contributed by atoms with E-state index in [1.807, 2.05) is 0 Å². The average Bonchev–Trinajstić information content (AvgIpc) is 2.47. The van der Waals surface area contributed by atoms with Crippen molar-refractivity contribution in [3.8, 4) is 0 Å². The first-order chi connectivity index (χ1) is 6.19. The minimum Gasteiger partial charge on any atom is -0.462 e. The number of carbonyl (C=O) groups is 2. The molecule has 0 amide bonds. The number of aromatic nitrogens is 1. The highest BCUT2D eigenvalue weighted by Crippen LogP contribution is 2.09. The summed E-state index contributed by atoms with van der Waals surface area (Å²) in [6.45, 7) is 3.80. The van der Waals surface area contributed by atoms with Gasteiger partial charge in [-0.15, -0.1) is 0 Å². The quantitative estimate of drug-likeness (QED) is 0.565. The van der Waals surface area contributed by atoms with Crippen LogP contribution in [0.4, 0.5) is 0 Å². The highest BCUT2D eigenvalue weighted by atomic mass is 16.5. The van der Waals surface area contributed by atoms with E-state index in [0.717, 1.165) is 5.69 Å². The van der Waals surface area contributed by atoms with Crippen molar-refractivity contribution in [3.05, 3.63) is 23.0 Å². The molecule has 70 valence electrons. The summed E-state index contributed by atoms with van der Waals surface area (Å²) in [7, 11) is 0. The molecule has 4 nitrogen and oxygen atoms in total. The maximum atomic E-state index is 11.2. The van der Waals surface area contributed by atoms with E-state index in [2.05, 4.69) is 4.98 Å². The lowest BCUT2D eigenvalue weighted by Gasteiger charge is -1.98. The molecule has 1 aromatic heterocycles. The maximum Gasteiger partial charge on any atom is 0.340 e. The fourth-order valence-electron chi connectivity index (χ4n) is 1.08. The molecule has 0 aliphatic carbocycles. The van der Waals surface area contributed by atoms with Gasteiger partial charge in [0.25, 0.3) is 0 Å².